The average Bonchev–Trinajstić information content (AvgIpc) is 3.25. The van der Waals surface area contributed by atoms with Crippen molar-refractivity contribution in [3.05, 3.63) is 54.1 Å². The maximum atomic E-state index is 13.0. The van der Waals surface area contributed by atoms with Gasteiger partial charge in [-0.05, 0) is 29.8 Å². The number of carbonyl (C=O) groups excluding carboxylic acids is 1. The fourth-order valence-electron chi connectivity index (χ4n) is 4.33. The van der Waals surface area contributed by atoms with Gasteiger partial charge >= 0.3 is 0 Å². The lowest BCUT2D eigenvalue weighted by atomic mass is 10.0. The highest BCUT2D eigenvalue weighted by Crippen LogP contribution is 2.35. The van der Waals surface area contributed by atoms with Crippen molar-refractivity contribution in [2.75, 3.05) is 29.7 Å². The third-order valence-corrected chi connectivity index (χ3v) is 7.26. The number of hydrogen-bond acceptors (Lipinski definition) is 6. The fourth-order valence-corrected chi connectivity index (χ4v) is 6.31. The molecule has 146 valence electrons. The summed E-state index contributed by atoms with van der Waals surface area (Å²) in [6, 6.07) is 14.4. The Balaban J connectivity index is 1.45. The number of ether oxygens (including phenoxy) is 2. The molecule has 0 unspecified atom stereocenters. The molecule has 8 heteroatoms. The lowest BCUT2D eigenvalue weighted by molar-refractivity contribution is -0.123. The van der Waals surface area contributed by atoms with Gasteiger partial charge in [-0.3, -0.25) is 9.69 Å². The predicted octanol–water partition coefficient (Wildman–Crippen LogP) is 1.43. The molecule has 0 aromatic heterocycles. The molecule has 0 saturated carbocycles. The number of hydrogen-bond donors (Lipinski definition) is 0. The summed E-state index contributed by atoms with van der Waals surface area (Å²) in [6.07, 6.45) is 0. The van der Waals surface area contributed by atoms with E-state index in [0.717, 1.165) is 11.3 Å². The topological polar surface area (TPSA) is 76.1 Å². The van der Waals surface area contributed by atoms with Crippen LogP contribution in [-0.2, 0) is 21.2 Å². The molecule has 2 aromatic carbocycles. The van der Waals surface area contributed by atoms with Crippen LogP contribution in [0.3, 0.4) is 0 Å². The first kappa shape index (κ1) is 17.5. The molecule has 2 fully saturated rings. The summed E-state index contributed by atoms with van der Waals surface area (Å²) in [5, 5.41) is 0. The van der Waals surface area contributed by atoms with Crippen LogP contribution in [0.2, 0.25) is 0 Å². The number of benzene rings is 2. The number of amides is 1. The molecule has 0 spiro atoms. The van der Waals surface area contributed by atoms with Gasteiger partial charge in [-0.15, -0.1) is 0 Å². The number of nitrogens with zero attached hydrogens (tertiary/aromatic N) is 2. The summed E-state index contributed by atoms with van der Waals surface area (Å²) in [7, 11) is -3.21. The van der Waals surface area contributed by atoms with E-state index in [0.29, 0.717) is 18.0 Å². The van der Waals surface area contributed by atoms with E-state index >= 15 is 0 Å². The molecule has 28 heavy (non-hydrogen) atoms. The molecule has 3 aliphatic heterocycles. The second-order valence-corrected chi connectivity index (χ2v) is 9.56. The zero-order valence-corrected chi connectivity index (χ0v) is 16.0. The summed E-state index contributed by atoms with van der Waals surface area (Å²) < 4.78 is 35.6. The summed E-state index contributed by atoms with van der Waals surface area (Å²) in [6.45, 7) is 0.873. The second kappa shape index (κ2) is 6.49. The van der Waals surface area contributed by atoms with E-state index in [1.54, 1.807) is 4.90 Å². The molecule has 0 aliphatic carbocycles. The van der Waals surface area contributed by atoms with Crippen molar-refractivity contribution in [3.63, 3.8) is 0 Å². The molecule has 3 aliphatic rings. The lowest BCUT2D eigenvalue weighted by Crippen LogP contribution is -2.61. The van der Waals surface area contributed by atoms with Crippen LogP contribution in [0.5, 0.6) is 11.5 Å². The molecule has 0 radical (unpaired) electrons. The van der Waals surface area contributed by atoms with Crippen LogP contribution in [0, 0.1) is 0 Å². The summed E-state index contributed by atoms with van der Waals surface area (Å²) >= 11 is 0. The Labute approximate surface area is 163 Å². The smallest absolute Gasteiger partial charge is 0.241 e. The number of sulfone groups is 1. The molecule has 0 N–H and O–H groups in total. The van der Waals surface area contributed by atoms with Crippen LogP contribution in [0.4, 0.5) is 5.69 Å². The molecule has 2 saturated heterocycles. The number of fused-ring (bicyclic) bond motifs is 2. The Morgan fingerprint density at radius 1 is 0.964 bits per heavy atom. The maximum Gasteiger partial charge on any atom is 0.241 e. The minimum absolute atomic E-state index is 0.00403. The Morgan fingerprint density at radius 3 is 2.54 bits per heavy atom. The van der Waals surface area contributed by atoms with Crippen LogP contribution in [0.15, 0.2) is 48.5 Å². The van der Waals surface area contributed by atoms with Crippen molar-refractivity contribution < 1.29 is 22.7 Å². The highest BCUT2D eigenvalue weighted by Gasteiger charge is 2.49. The molecule has 5 rings (SSSR count). The summed E-state index contributed by atoms with van der Waals surface area (Å²) in [5.74, 6) is 1.37. The number of para-hydroxylation sites is 1. The Kier molecular flexibility index (Phi) is 4.06. The van der Waals surface area contributed by atoms with Crippen molar-refractivity contribution in [1.82, 2.24) is 4.90 Å². The maximum absolute atomic E-state index is 13.0. The highest BCUT2D eigenvalue weighted by molar-refractivity contribution is 7.91. The van der Waals surface area contributed by atoms with Crippen molar-refractivity contribution >= 4 is 21.4 Å². The van der Waals surface area contributed by atoms with Gasteiger partial charge in [0, 0.05) is 18.3 Å². The normalized spacial score (nSPS) is 25.7. The van der Waals surface area contributed by atoms with Gasteiger partial charge in [-0.1, -0.05) is 24.3 Å². The average molecular weight is 400 g/mol. The molecule has 1 amide bonds. The van der Waals surface area contributed by atoms with Gasteiger partial charge in [-0.25, -0.2) is 8.42 Å². The first-order valence-electron chi connectivity index (χ1n) is 9.20. The van der Waals surface area contributed by atoms with Crippen molar-refractivity contribution in [1.29, 1.82) is 0 Å². The monoisotopic (exact) mass is 400 g/mol. The van der Waals surface area contributed by atoms with Gasteiger partial charge in [0.15, 0.2) is 21.3 Å². The number of anilines is 1. The van der Waals surface area contributed by atoms with Gasteiger partial charge in [0.05, 0.1) is 24.1 Å². The van der Waals surface area contributed by atoms with E-state index in [9.17, 15) is 13.2 Å². The molecule has 2 aromatic rings. The van der Waals surface area contributed by atoms with Gasteiger partial charge in [0.1, 0.15) is 0 Å². The van der Waals surface area contributed by atoms with Gasteiger partial charge in [-0.2, -0.15) is 0 Å². The van der Waals surface area contributed by atoms with Gasteiger partial charge < -0.3 is 14.4 Å². The van der Waals surface area contributed by atoms with Crippen LogP contribution >= 0.6 is 0 Å². The van der Waals surface area contributed by atoms with E-state index in [4.69, 9.17) is 9.47 Å². The van der Waals surface area contributed by atoms with E-state index < -0.39 is 9.84 Å². The van der Waals surface area contributed by atoms with Crippen LogP contribution in [0.25, 0.3) is 0 Å². The van der Waals surface area contributed by atoms with Crippen molar-refractivity contribution in [2.24, 2.45) is 0 Å². The Morgan fingerprint density at radius 2 is 1.71 bits per heavy atom. The molecule has 7 nitrogen and oxygen atoms in total. The molecular weight excluding hydrogens is 380 g/mol. The first-order valence-corrected chi connectivity index (χ1v) is 11.0. The zero-order chi connectivity index (χ0) is 19.3. The third kappa shape index (κ3) is 3.02. The number of carbonyl (C=O) groups is 1. The first-order chi connectivity index (χ1) is 13.5. The largest absolute Gasteiger partial charge is 0.454 e. The molecule has 3 heterocycles. The molecule has 0 bridgehead atoms. The van der Waals surface area contributed by atoms with Crippen LogP contribution in [0.1, 0.15) is 5.56 Å². The number of rotatable bonds is 3. The highest BCUT2D eigenvalue weighted by atomic mass is 32.2. The van der Waals surface area contributed by atoms with Crippen LogP contribution < -0.4 is 14.4 Å². The second-order valence-electron chi connectivity index (χ2n) is 7.40. The summed E-state index contributed by atoms with van der Waals surface area (Å²) in [5.41, 5.74) is 1.72. The van der Waals surface area contributed by atoms with E-state index in [-0.39, 0.29) is 42.8 Å². The Hall–Kier alpha value is -2.58. The van der Waals surface area contributed by atoms with Crippen molar-refractivity contribution in [2.45, 2.75) is 18.6 Å². The minimum atomic E-state index is -3.21. The predicted molar refractivity (Wildman–Crippen MR) is 103 cm³/mol. The number of piperazine rings is 1. The van der Waals surface area contributed by atoms with E-state index in [2.05, 4.69) is 0 Å². The quantitative estimate of drug-likeness (QED) is 0.776. The minimum Gasteiger partial charge on any atom is -0.454 e. The van der Waals surface area contributed by atoms with Gasteiger partial charge in [0.25, 0.3) is 0 Å². The molecule has 2 atom stereocenters. The lowest BCUT2D eigenvalue weighted by Gasteiger charge is -2.43. The van der Waals surface area contributed by atoms with Crippen LogP contribution in [-0.4, -0.2) is 56.2 Å². The van der Waals surface area contributed by atoms with Gasteiger partial charge in [0.2, 0.25) is 12.7 Å². The van der Waals surface area contributed by atoms with E-state index in [1.165, 1.54) is 0 Å². The molecular formula is C20H20N2O5S. The zero-order valence-electron chi connectivity index (χ0n) is 15.2. The SMILES string of the molecule is O=C1CN(Cc2ccc3c(c2)OCO3)[C@@H]2CS(=O)(=O)C[C@@H]2N1c1ccccc1. The third-order valence-electron chi connectivity index (χ3n) is 5.56. The fraction of sp³-hybridized carbons (Fsp3) is 0.350. The summed E-state index contributed by atoms with van der Waals surface area (Å²) in [4.78, 5) is 16.6. The van der Waals surface area contributed by atoms with Crippen molar-refractivity contribution in [3.8, 4) is 11.5 Å². The van der Waals surface area contributed by atoms with E-state index in [1.807, 2.05) is 53.4 Å². The Bertz CT molecular complexity index is 1020. The standard InChI is InChI=1S/C20H20N2O5S/c23-20-10-21(9-14-6-7-18-19(8-14)27-13-26-18)16-11-28(24,25)12-17(16)22(20)15-4-2-1-3-5-15/h1-8,16-17H,9-13H2/t16-,17+/m1/s1.